The Kier molecular flexibility index (Phi) is 4.03. The van der Waals surface area contributed by atoms with Gasteiger partial charge in [-0.05, 0) is 42.5 Å². The Morgan fingerprint density at radius 2 is 2.03 bits per heavy atom. The summed E-state index contributed by atoms with van der Waals surface area (Å²) in [5, 5.41) is 9.60. The summed E-state index contributed by atoms with van der Waals surface area (Å²) in [6.07, 6.45) is 2.31. The molecule has 0 amide bonds. The molecule has 7 nitrogen and oxygen atoms in total. The number of aldehydes is 1. The molecule has 0 aliphatic heterocycles. The summed E-state index contributed by atoms with van der Waals surface area (Å²) in [6, 6.07) is 16.9. The van der Waals surface area contributed by atoms with E-state index in [-0.39, 0.29) is 0 Å². The number of benzene rings is 2. The van der Waals surface area contributed by atoms with Crippen molar-refractivity contribution in [3.05, 3.63) is 71.7 Å². The summed E-state index contributed by atoms with van der Waals surface area (Å²) in [5.41, 5.74) is 2.63. The zero-order valence-corrected chi connectivity index (χ0v) is 16.0. The third-order valence-electron chi connectivity index (χ3n) is 4.77. The summed E-state index contributed by atoms with van der Waals surface area (Å²) in [5.74, 6) is 2.13. The van der Waals surface area contributed by atoms with Gasteiger partial charge >= 0.3 is 0 Å². The van der Waals surface area contributed by atoms with E-state index in [0.29, 0.717) is 28.6 Å². The molecule has 5 rings (SSSR count). The molecule has 2 aromatic carbocycles. The third kappa shape index (κ3) is 2.92. The average molecular weight is 404 g/mol. The lowest BCUT2D eigenvalue weighted by molar-refractivity contribution is 0.110. The highest BCUT2D eigenvalue weighted by Crippen LogP contribution is 2.33. The van der Waals surface area contributed by atoms with Crippen LogP contribution in [0, 0.1) is 0 Å². The van der Waals surface area contributed by atoms with Gasteiger partial charge < -0.3 is 9.32 Å². The molecule has 0 saturated carbocycles. The first-order valence-corrected chi connectivity index (χ1v) is 9.20. The van der Waals surface area contributed by atoms with Gasteiger partial charge in [0, 0.05) is 28.7 Å². The van der Waals surface area contributed by atoms with E-state index in [1.54, 1.807) is 22.9 Å². The van der Waals surface area contributed by atoms with Gasteiger partial charge in [0.25, 0.3) is 5.78 Å². The second-order valence-corrected chi connectivity index (χ2v) is 6.96. The molecule has 0 bridgehead atoms. The van der Waals surface area contributed by atoms with Crippen LogP contribution >= 0.6 is 11.6 Å². The van der Waals surface area contributed by atoms with Crippen LogP contribution in [0.5, 0.6) is 0 Å². The van der Waals surface area contributed by atoms with Crippen molar-refractivity contribution in [3.63, 3.8) is 0 Å². The number of nitrogens with zero attached hydrogens (tertiary/aromatic N) is 5. The fourth-order valence-electron chi connectivity index (χ4n) is 3.34. The molecule has 0 N–H and O–H groups in total. The first-order valence-electron chi connectivity index (χ1n) is 8.82. The van der Waals surface area contributed by atoms with E-state index in [0.717, 1.165) is 28.0 Å². The third-order valence-corrected chi connectivity index (χ3v) is 5.01. The molecule has 0 aliphatic rings. The first-order chi connectivity index (χ1) is 14.1. The van der Waals surface area contributed by atoms with Crippen molar-refractivity contribution in [3.8, 4) is 11.3 Å². The van der Waals surface area contributed by atoms with Crippen molar-refractivity contribution in [2.24, 2.45) is 0 Å². The first kappa shape index (κ1) is 17.4. The molecule has 5 aromatic rings. The summed E-state index contributed by atoms with van der Waals surface area (Å²) in [6.45, 7) is 0. The standard InChI is InChI=1S/C21H14ClN5O2/c1-26(15-4-2-3-13(9-15)19-8-6-16(11-28)29-19)20-17-7-5-14(22)10-18(17)27-12-23-25-21(27)24-20/h2-12H,1H3. The maximum atomic E-state index is 10.9. The van der Waals surface area contributed by atoms with Gasteiger partial charge in [-0.15, -0.1) is 10.2 Å². The van der Waals surface area contributed by atoms with E-state index in [1.165, 1.54) is 0 Å². The Balaban J connectivity index is 1.65. The lowest BCUT2D eigenvalue weighted by Gasteiger charge is -2.21. The molecule has 0 radical (unpaired) electrons. The Labute approximate surface area is 170 Å². The van der Waals surface area contributed by atoms with Crippen molar-refractivity contribution in [2.45, 2.75) is 0 Å². The maximum Gasteiger partial charge on any atom is 0.257 e. The molecule has 0 aliphatic carbocycles. The lowest BCUT2D eigenvalue weighted by atomic mass is 10.1. The summed E-state index contributed by atoms with van der Waals surface area (Å²) in [7, 11) is 1.93. The molecule has 0 saturated heterocycles. The van der Waals surface area contributed by atoms with Crippen LogP contribution in [0.15, 0.2) is 65.3 Å². The number of fused-ring (bicyclic) bond motifs is 3. The second-order valence-electron chi connectivity index (χ2n) is 6.53. The maximum absolute atomic E-state index is 10.9. The molecule has 0 spiro atoms. The van der Waals surface area contributed by atoms with Gasteiger partial charge in [0.1, 0.15) is 17.9 Å². The molecular formula is C21H14ClN5O2. The van der Waals surface area contributed by atoms with Gasteiger partial charge in [-0.25, -0.2) is 0 Å². The Bertz CT molecular complexity index is 1370. The summed E-state index contributed by atoms with van der Waals surface area (Å²) >= 11 is 6.21. The SMILES string of the molecule is CN(c1cccc(-c2ccc(C=O)o2)c1)c1nc2nncn2c2cc(Cl)ccc12. The molecule has 142 valence electrons. The van der Waals surface area contributed by atoms with E-state index >= 15 is 0 Å². The summed E-state index contributed by atoms with van der Waals surface area (Å²) in [4.78, 5) is 17.6. The predicted octanol–water partition coefficient (Wildman–Crippen LogP) is 4.77. The van der Waals surface area contributed by atoms with Crippen molar-refractivity contribution >= 4 is 46.1 Å². The Hall–Kier alpha value is -3.71. The van der Waals surface area contributed by atoms with Crippen LogP contribution in [-0.4, -0.2) is 32.9 Å². The highest BCUT2D eigenvalue weighted by Gasteiger charge is 2.16. The minimum absolute atomic E-state index is 0.292. The monoisotopic (exact) mass is 403 g/mol. The van der Waals surface area contributed by atoms with Gasteiger partial charge in [-0.3, -0.25) is 9.20 Å². The van der Waals surface area contributed by atoms with Gasteiger partial charge in [-0.1, -0.05) is 23.7 Å². The van der Waals surface area contributed by atoms with Crippen molar-refractivity contribution in [1.29, 1.82) is 0 Å². The fraction of sp³-hybridized carbons (Fsp3) is 0.0476. The number of anilines is 2. The fourth-order valence-corrected chi connectivity index (χ4v) is 3.51. The quantitative estimate of drug-likeness (QED) is 0.402. The molecule has 0 fully saturated rings. The Morgan fingerprint density at radius 1 is 1.14 bits per heavy atom. The highest BCUT2D eigenvalue weighted by atomic mass is 35.5. The second kappa shape index (κ2) is 6.72. The molecule has 0 unspecified atom stereocenters. The van der Waals surface area contributed by atoms with Crippen LogP contribution in [-0.2, 0) is 0 Å². The molecule has 0 atom stereocenters. The number of furan rings is 1. The largest absolute Gasteiger partial charge is 0.453 e. The molecule has 8 heteroatoms. The normalized spacial score (nSPS) is 11.2. The van der Waals surface area contributed by atoms with Gasteiger partial charge in [-0.2, -0.15) is 4.98 Å². The molecular weight excluding hydrogens is 390 g/mol. The van der Waals surface area contributed by atoms with E-state index in [9.17, 15) is 4.79 Å². The lowest BCUT2D eigenvalue weighted by Crippen LogP contribution is -2.13. The van der Waals surface area contributed by atoms with Crippen LogP contribution in [0.3, 0.4) is 0 Å². The zero-order chi connectivity index (χ0) is 20.0. The van der Waals surface area contributed by atoms with E-state index in [4.69, 9.17) is 21.0 Å². The Morgan fingerprint density at radius 3 is 2.86 bits per heavy atom. The number of carbonyl (C=O) groups is 1. The van der Waals surface area contributed by atoms with Gasteiger partial charge in [0.15, 0.2) is 12.0 Å². The minimum Gasteiger partial charge on any atom is -0.453 e. The van der Waals surface area contributed by atoms with Crippen LogP contribution in [0.2, 0.25) is 5.02 Å². The van der Waals surface area contributed by atoms with Crippen molar-refractivity contribution in [2.75, 3.05) is 11.9 Å². The topological polar surface area (TPSA) is 76.5 Å². The molecule has 3 aromatic heterocycles. The smallest absolute Gasteiger partial charge is 0.257 e. The number of hydrogen-bond donors (Lipinski definition) is 0. The van der Waals surface area contributed by atoms with Crippen molar-refractivity contribution in [1.82, 2.24) is 19.6 Å². The molecule has 29 heavy (non-hydrogen) atoms. The van der Waals surface area contributed by atoms with Crippen LogP contribution in [0.4, 0.5) is 11.5 Å². The van der Waals surface area contributed by atoms with E-state index in [2.05, 4.69) is 10.2 Å². The van der Waals surface area contributed by atoms with E-state index < -0.39 is 0 Å². The highest BCUT2D eigenvalue weighted by molar-refractivity contribution is 6.31. The van der Waals surface area contributed by atoms with Gasteiger partial charge in [0.05, 0.1) is 5.52 Å². The van der Waals surface area contributed by atoms with Crippen LogP contribution in [0.25, 0.3) is 28.0 Å². The zero-order valence-electron chi connectivity index (χ0n) is 15.3. The number of rotatable bonds is 4. The molecule has 3 heterocycles. The predicted molar refractivity (Wildman–Crippen MR) is 111 cm³/mol. The van der Waals surface area contributed by atoms with E-state index in [1.807, 2.05) is 54.4 Å². The average Bonchev–Trinajstić information content (AvgIpc) is 3.42. The minimum atomic E-state index is 0.292. The van der Waals surface area contributed by atoms with Crippen molar-refractivity contribution < 1.29 is 9.21 Å². The number of aromatic nitrogens is 4. The number of carbonyl (C=O) groups excluding carboxylic acids is 1. The van der Waals surface area contributed by atoms with Crippen LogP contribution < -0.4 is 4.90 Å². The van der Waals surface area contributed by atoms with Crippen LogP contribution in [0.1, 0.15) is 10.6 Å². The number of hydrogen-bond acceptors (Lipinski definition) is 6. The van der Waals surface area contributed by atoms with Gasteiger partial charge in [0.2, 0.25) is 0 Å². The number of halogens is 1. The summed E-state index contributed by atoms with van der Waals surface area (Å²) < 4.78 is 7.36.